The van der Waals surface area contributed by atoms with Gasteiger partial charge in [-0.1, -0.05) is 11.6 Å². The molecule has 2 rings (SSSR count). The Bertz CT molecular complexity index is 412. The predicted molar refractivity (Wildman–Crippen MR) is 55.4 cm³/mol. The van der Waals surface area contributed by atoms with Crippen molar-refractivity contribution in [1.82, 2.24) is 0 Å². The van der Waals surface area contributed by atoms with E-state index in [4.69, 9.17) is 4.74 Å². The molecule has 0 fully saturated rings. The normalized spacial score (nSPS) is 39.9. The second-order valence-corrected chi connectivity index (χ2v) is 4.21. The number of fused-ring (bicyclic) bond motifs is 1. The molecule has 0 radical (unpaired) electrons. The van der Waals surface area contributed by atoms with Gasteiger partial charge in [-0.2, -0.15) is 0 Å². The topological polar surface area (TPSA) is 96.2 Å². The summed E-state index contributed by atoms with van der Waals surface area (Å²) < 4.78 is 9.41. The van der Waals surface area contributed by atoms with Gasteiger partial charge in [0, 0.05) is 0 Å². The fourth-order valence-electron chi connectivity index (χ4n) is 2.41. The molecule has 4 atom stereocenters. The third-order valence-corrected chi connectivity index (χ3v) is 3.28. The number of ether oxygens (including phenoxy) is 2. The lowest BCUT2D eigenvalue weighted by Gasteiger charge is -2.39. The molecule has 0 aromatic rings. The van der Waals surface area contributed by atoms with Crippen molar-refractivity contribution in [2.45, 2.75) is 24.9 Å². The van der Waals surface area contributed by atoms with Gasteiger partial charge >= 0.3 is 5.97 Å². The summed E-state index contributed by atoms with van der Waals surface area (Å²) in [6, 6.07) is 0. The summed E-state index contributed by atoms with van der Waals surface area (Å²) in [5, 5.41) is 30.0. The summed E-state index contributed by atoms with van der Waals surface area (Å²) >= 11 is 0. The summed E-state index contributed by atoms with van der Waals surface area (Å²) in [5.74, 6) is -1.68. The molecule has 1 aliphatic carbocycles. The third kappa shape index (κ3) is 1.49. The lowest BCUT2D eigenvalue weighted by Crippen LogP contribution is -2.54. The second kappa shape index (κ2) is 3.83. The molecule has 0 saturated heterocycles. The highest BCUT2D eigenvalue weighted by atomic mass is 16.6. The van der Waals surface area contributed by atoms with Gasteiger partial charge in [-0.3, -0.25) is 0 Å². The summed E-state index contributed by atoms with van der Waals surface area (Å²) in [7, 11) is 1.16. The first-order valence-electron chi connectivity index (χ1n) is 5.14. The van der Waals surface area contributed by atoms with E-state index in [1.54, 1.807) is 6.92 Å². The molecule has 94 valence electrons. The zero-order valence-corrected chi connectivity index (χ0v) is 9.45. The average Bonchev–Trinajstić information content (AvgIpc) is 2.50. The van der Waals surface area contributed by atoms with Crippen molar-refractivity contribution < 1.29 is 29.6 Å². The first-order valence-corrected chi connectivity index (χ1v) is 5.14. The highest BCUT2D eigenvalue weighted by Gasteiger charge is 2.58. The zero-order valence-electron chi connectivity index (χ0n) is 9.45. The summed E-state index contributed by atoms with van der Waals surface area (Å²) in [6.45, 7) is 1.64. The van der Waals surface area contributed by atoms with Crippen molar-refractivity contribution in [3.8, 4) is 0 Å². The molecule has 0 spiro atoms. The molecule has 0 aromatic heterocycles. The van der Waals surface area contributed by atoms with E-state index in [1.165, 1.54) is 6.08 Å². The van der Waals surface area contributed by atoms with E-state index < -0.39 is 29.9 Å². The van der Waals surface area contributed by atoms with Gasteiger partial charge in [0.1, 0.15) is 23.5 Å². The number of rotatable bonds is 1. The van der Waals surface area contributed by atoms with E-state index in [-0.39, 0.29) is 5.57 Å². The van der Waals surface area contributed by atoms with Crippen molar-refractivity contribution in [1.29, 1.82) is 0 Å². The van der Waals surface area contributed by atoms with Crippen LogP contribution in [0.2, 0.25) is 0 Å². The minimum atomic E-state index is -1.89. The van der Waals surface area contributed by atoms with Crippen molar-refractivity contribution >= 4 is 5.97 Å². The highest BCUT2D eigenvalue weighted by molar-refractivity contribution is 5.91. The van der Waals surface area contributed by atoms with Gasteiger partial charge in [0.2, 0.25) is 6.29 Å². The Morgan fingerprint density at radius 1 is 1.53 bits per heavy atom. The van der Waals surface area contributed by atoms with Crippen LogP contribution in [0.25, 0.3) is 0 Å². The van der Waals surface area contributed by atoms with Gasteiger partial charge in [0.25, 0.3) is 0 Å². The van der Waals surface area contributed by atoms with Crippen molar-refractivity contribution in [3.05, 3.63) is 23.5 Å². The van der Waals surface area contributed by atoms with Crippen LogP contribution >= 0.6 is 0 Å². The monoisotopic (exact) mass is 242 g/mol. The molecule has 17 heavy (non-hydrogen) atoms. The number of esters is 1. The standard InChI is InChI=1S/C11H14O6/c1-5-3-7(12)11(15)6(9(13)16-2)4-17-10(14)8(5)11/h3-4,7-8,10,12,14-15H,1-2H3/t7-,8-,10-,11-/m1/s1. The van der Waals surface area contributed by atoms with Crippen LogP contribution in [-0.2, 0) is 14.3 Å². The molecular formula is C11H14O6. The Labute approximate surface area is 97.8 Å². The number of aliphatic hydroxyl groups excluding tert-OH is 2. The van der Waals surface area contributed by atoms with Crippen LogP contribution in [0.1, 0.15) is 6.92 Å². The molecule has 0 bridgehead atoms. The largest absolute Gasteiger partial charge is 0.471 e. The summed E-state index contributed by atoms with van der Waals surface area (Å²) in [4.78, 5) is 11.5. The Morgan fingerprint density at radius 3 is 2.76 bits per heavy atom. The van der Waals surface area contributed by atoms with Crippen LogP contribution in [0.3, 0.4) is 0 Å². The Balaban J connectivity index is 2.49. The predicted octanol–water partition coefficient (Wildman–Crippen LogP) is -0.940. The fraction of sp³-hybridized carbons (Fsp3) is 0.545. The van der Waals surface area contributed by atoms with Crippen molar-refractivity contribution in [2.75, 3.05) is 7.11 Å². The van der Waals surface area contributed by atoms with Crippen LogP contribution in [0.15, 0.2) is 23.5 Å². The van der Waals surface area contributed by atoms with Gasteiger partial charge in [0.15, 0.2) is 0 Å². The number of aliphatic hydroxyl groups is 3. The Kier molecular flexibility index (Phi) is 2.73. The van der Waals surface area contributed by atoms with Gasteiger partial charge in [-0.25, -0.2) is 4.79 Å². The fourth-order valence-corrected chi connectivity index (χ4v) is 2.41. The summed E-state index contributed by atoms with van der Waals surface area (Å²) in [6.07, 6.45) is -0.264. The minimum absolute atomic E-state index is 0.198. The smallest absolute Gasteiger partial charge is 0.339 e. The molecule has 2 aliphatic rings. The molecular weight excluding hydrogens is 228 g/mol. The van der Waals surface area contributed by atoms with Crippen LogP contribution in [0.5, 0.6) is 0 Å². The lowest BCUT2D eigenvalue weighted by molar-refractivity contribution is -0.176. The van der Waals surface area contributed by atoms with E-state index >= 15 is 0 Å². The maximum Gasteiger partial charge on any atom is 0.339 e. The SMILES string of the molecule is COC(=O)C1=CO[C@@H](O)[C@H]2C(C)=C[C@@H](O)[C@]12O. The molecule has 1 heterocycles. The third-order valence-electron chi connectivity index (χ3n) is 3.28. The maximum absolute atomic E-state index is 11.5. The number of hydrogen-bond donors (Lipinski definition) is 3. The molecule has 0 aromatic carbocycles. The van der Waals surface area contributed by atoms with Crippen LogP contribution in [0.4, 0.5) is 0 Å². The lowest BCUT2D eigenvalue weighted by atomic mass is 9.78. The minimum Gasteiger partial charge on any atom is -0.471 e. The van der Waals surface area contributed by atoms with E-state index in [1.807, 2.05) is 0 Å². The Morgan fingerprint density at radius 2 is 2.18 bits per heavy atom. The summed E-state index contributed by atoms with van der Waals surface area (Å²) in [5.41, 5.74) is -1.53. The molecule has 0 unspecified atom stereocenters. The van der Waals surface area contributed by atoms with E-state index in [9.17, 15) is 20.1 Å². The van der Waals surface area contributed by atoms with Gasteiger partial charge in [0.05, 0.1) is 13.0 Å². The first-order chi connectivity index (χ1) is 7.92. The zero-order chi connectivity index (χ0) is 12.8. The Hall–Kier alpha value is -1.37. The number of carbonyl (C=O) groups excluding carboxylic acids is 1. The first kappa shape index (κ1) is 12.1. The van der Waals surface area contributed by atoms with Gasteiger partial charge < -0.3 is 24.8 Å². The van der Waals surface area contributed by atoms with Crippen LogP contribution in [-0.4, -0.2) is 46.4 Å². The second-order valence-electron chi connectivity index (χ2n) is 4.21. The molecule has 6 heteroatoms. The van der Waals surface area contributed by atoms with Crippen LogP contribution in [0, 0.1) is 5.92 Å². The maximum atomic E-state index is 11.5. The quantitative estimate of drug-likeness (QED) is 0.405. The van der Waals surface area contributed by atoms with Gasteiger partial charge in [-0.05, 0) is 6.92 Å². The molecule has 0 saturated carbocycles. The van der Waals surface area contributed by atoms with Crippen LogP contribution < -0.4 is 0 Å². The molecule has 1 aliphatic heterocycles. The van der Waals surface area contributed by atoms with Crippen molar-refractivity contribution in [2.24, 2.45) is 5.92 Å². The van der Waals surface area contributed by atoms with E-state index in [2.05, 4.69) is 4.74 Å². The molecule has 0 amide bonds. The van der Waals surface area contributed by atoms with E-state index in [0.717, 1.165) is 13.4 Å². The average molecular weight is 242 g/mol. The number of methoxy groups -OCH3 is 1. The number of hydrogen-bond acceptors (Lipinski definition) is 6. The molecule has 6 nitrogen and oxygen atoms in total. The van der Waals surface area contributed by atoms with E-state index in [0.29, 0.717) is 5.57 Å². The van der Waals surface area contributed by atoms with Gasteiger partial charge in [-0.15, -0.1) is 0 Å². The number of carbonyl (C=O) groups is 1. The highest BCUT2D eigenvalue weighted by Crippen LogP contribution is 2.45. The molecule has 3 N–H and O–H groups in total. The van der Waals surface area contributed by atoms with Crippen molar-refractivity contribution in [3.63, 3.8) is 0 Å².